The van der Waals surface area contributed by atoms with Gasteiger partial charge in [0.15, 0.2) is 0 Å². The van der Waals surface area contributed by atoms with E-state index >= 15 is 0 Å². The predicted molar refractivity (Wildman–Crippen MR) is 137 cm³/mol. The number of aryl methyl sites for hydroxylation is 1. The highest BCUT2D eigenvalue weighted by Crippen LogP contribution is 2.34. The van der Waals surface area contributed by atoms with Gasteiger partial charge in [0.25, 0.3) is 10.0 Å². The summed E-state index contributed by atoms with van der Waals surface area (Å²) in [7, 11) is -2.92. The molecule has 3 aromatic carbocycles. The molecule has 10 heteroatoms. The van der Waals surface area contributed by atoms with Crippen molar-refractivity contribution in [3.8, 4) is 17.0 Å². The van der Waals surface area contributed by atoms with Crippen LogP contribution in [0, 0.1) is 6.92 Å². The summed E-state index contributed by atoms with van der Waals surface area (Å²) >= 11 is 6.25. The van der Waals surface area contributed by atoms with Gasteiger partial charge in [-0.05, 0) is 42.3 Å². The number of anilines is 1. The third-order valence-electron chi connectivity index (χ3n) is 5.21. The van der Waals surface area contributed by atoms with Gasteiger partial charge in [0.1, 0.15) is 17.5 Å². The molecule has 0 aliphatic carbocycles. The lowest BCUT2D eigenvalue weighted by Crippen LogP contribution is -2.16. The number of nitrogens with one attached hydrogen (secondary N) is 1. The van der Waals surface area contributed by atoms with E-state index in [-0.39, 0.29) is 21.6 Å². The number of aromatic nitrogens is 2. The minimum absolute atomic E-state index is 0.0401. The van der Waals surface area contributed by atoms with Crippen molar-refractivity contribution in [2.75, 3.05) is 11.8 Å². The monoisotopic (exact) mass is 523 g/mol. The second kappa shape index (κ2) is 10.8. The zero-order chi connectivity index (χ0) is 25.7. The van der Waals surface area contributed by atoms with Crippen LogP contribution >= 0.6 is 11.6 Å². The Morgan fingerprint density at radius 2 is 1.72 bits per heavy atom. The van der Waals surface area contributed by atoms with Crippen LogP contribution in [0.3, 0.4) is 0 Å². The van der Waals surface area contributed by atoms with Crippen LogP contribution in [0.4, 0.5) is 5.95 Å². The van der Waals surface area contributed by atoms with Crippen molar-refractivity contribution in [3.63, 3.8) is 0 Å². The molecule has 0 saturated heterocycles. The molecule has 0 unspecified atom stereocenters. The highest BCUT2D eigenvalue weighted by Gasteiger charge is 2.20. The largest absolute Gasteiger partial charge is 0.488 e. The molecule has 0 fully saturated rings. The minimum atomic E-state index is -4.13. The van der Waals surface area contributed by atoms with E-state index in [9.17, 15) is 13.2 Å². The van der Waals surface area contributed by atoms with Crippen molar-refractivity contribution in [3.05, 3.63) is 101 Å². The molecule has 0 aliphatic rings. The number of halogens is 1. The molecule has 8 nitrogen and oxygen atoms in total. The van der Waals surface area contributed by atoms with Crippen LogP contribution in [-0.4, -0.2) is 31.5 Å². The molecule has 4 aromatic rings. The Labute approximate surface area is 214 Å². The summed E-state index contributed by atoms with van der Waals surface area (Å²) in [5, 5.41) is 0.0401. The maximum atomic E-state index is 13.0. The number of carbonyl (C=O) groups is 1. The van der Waals surface area contributed by atoms with Gasteiger partial charge in [-0.2, -0.15) is 0 Å². The minimum Gasteiger partial charge on any atom is -0.488 e. The van der Waals surface area contributed by atoms with E-state index in [0.29, 0.717) is 23.6 Å². The van der Waals surface area contributed by atoms with Gasteiger partial charge in [-0.3, -0.25) is 0 Å². The maximum absolute atomic E-state index is 13.0. The SMILES string of the molecule is COC(=O)c1cccc(S(=O)(=O)Nc2nc(Cl)cc(-c3c(C)cccc3OCc3ccccc3)n2)c1. The van der Waals surface area contributed by atoms with E-state index in [1.165, 1.54) is 37.4 Å². The number of ether oxygens (including phenoxy) is 2. The van der Waals surface area contributed by atoms with Crippen LogP contribution in [0.1, 0.15) is 21.5 Å². The van der Waals surface area contributed by atoms with E-state index in [0.717, 1.165) is 11.1 Å². The van der Waals surface area contributed by atoms with Crippen LogP contribution in [0.2, 0.25) is 5.15 Å². The van der Waals surface area contributed by atoms with Gasteiger partial charge in [0.05, 0.1) is 23.3 Å². The van der Waals surface area contributed by atoms with Crippen LogP contribution in [0.5, 0.6) is 5.75 Å². The van der Waals surface area contributed by atoms with E-state index in [2.05, 4.69) is 19.4 Å². The van der Waals surface area contributed by atoms with Crippen molar-refractivity contribution in [2.45, 2.75) is 18.4 Å². The molecule has 36 heavy (non-hydrogen) atoms. The number of hydrogen-bond donors (Lipinski definition) is 1. The summed E-state index contributed by atoms with van der Waals surface area (Å²) in [6.07, 6.45) is 0. The third kappa shape index (κ3) is 5.81. The zero-order valence-corrected chi connectivity index (χ0v) is 21.0. The first-order chi connectivity index (χ1) is 17.3. The Morgan fingerprint density at radius 1 is 0.972 bits per heavy atom. The number of rotatable bonds is 8. The molecular weight excluding hydrogens is 502 g/mol. The molecule has 1 aromatic heterocycles. The quantitative estimate of drug-likeness (QED) is 0.247. The van der Waals surface area contributed by atoms with E-state index < -0.39 is 16.0 Å². The standard InChI is InChI=1S/C26H22ClN3O5S/c1-17-8-6-13-22(35-16-18-9-4-3-5-10-18)24(17)21-15-23(27)29-26(28-21)30-36(32,33)20-12-7-11-19(14-20)25(31)34-2/h3-15H,16H2,1-2H3,(H,28,29,30). The van der Waals surface area contributed by atoms with Gasteiger partial charge in [0.2, 0.25) is 5.95 Å². The first-order valence-electron chi connectivity index (χ1n) is 10.8. The first-order valence-corrected chi connectivity index (χ1v) is 12.7. The topological polar surface area (TPSA) is 107 Å². The van der Waals surface area contributed by atoms with E-state index in [4.69, 9.17) is 16.3 Å². The Hall–Kier alpha value is -3.95. The van der Waals surface area contributed by atoms with Gasteiger partial charge in [0, 0.05) is 11.6 Å². The maximum Gasteiger partial charge on any atom is 0.337 e. The lowest BCUT2D eigenvalue weighted by atomic mass is 10.0. The van der Waals surface area contributed by atoms with Gasteiger partial charge in [-0.15, -0.1) is 0 Å². The van der Waals surface area contributed by atoms with E-state index in [1.54, 1.807) is 0 Å². The molecule has 0 radical (unpaired) electrons. The fourth-order valence-electron chi connectivity index (χ4n) is 3.50. The van der Waals surface area contributed by atoms with Crippen molar-refractivity contribution in [1.29, 1.82) is 0 Å². The Kier molecular flexibility index (Phi) is 7.52. The average Bonchev–Trinajstić information content (AvgIpc) is 2.87. The molecule has 1 heterocycles. The van der Waals surface area contributed by atoms with Crippen LogP contribution in [-0.2, 0) is 21.4 Å². The number of benzene rings is 3. The highest BCUT2D eigenvalue weighted by molar-refractivity contribution is 7.92. The number of nitrogens with zero attached hydrogens (tertiary/aromatic N) is 2. The fourth-order valence-corrected chi connectivity index (χ4v) is 4.68. The Balaban J connectivity index is 1.66. The normalized spacial score (nSPS) is 11.1. The smallest absolute Gasteiger partial charge is 0.337 e. The van der Waals surface area contributed by atoms with Crippen molar-refractivity contribution < 1.29 is 22.7 Å². The number of hydrogen-bond acceptors (Lipinski definition) is 7. The molecule has 184 valence electrons. The molecular formula is C26H22ClN3O5S. The molecule has 0 aliphatic heterocycles. The predicted octanol–water partition coefficient (Wildman–Crippen LogP) is 5.27. The number of esters is 1. The number of carbonyl (C=O) groups excluding carboxylic acids is 1. The summed E-state index contributed by atoms with van der Waals surface area (Å²) in [6.45, 7) is 2.23. The van der Waals surface area contributed by atoms with Crippen LogP contribution < -0.4 is 9.46 Å². The second-order valence-electron chi connectivity index (χ2n) is 7.75. The Bertz CT molecular complexity index is 1510. The summed E-state index contributed by atoms with van der Waals surface area (Å²) in [5.74, 6) is -0.317. The highest BCUT2D eigenvalue weighted by atomic mass is 35.5. The first kappa shape index (κ1) is 25.2. The van der Waals surface area contributed by atoms with Crippen LogP contribution in [0.25, 0.3) is 11.3 Å². The van der Waals surface area contributed by atoms with Crippen molar-refractivity contribution in [1.82, 2.24) is 9.97 Å². The van der Waals surface area contributed by atoms with Crippen molar-refractivity contribution in [2.24, 2.45) is 0 Å². The zero-order valence-electron chi connectivity index (χ0n) is 19.4. The lowest BCUT2D eigenvalue weighted by molar-refractivity contribution is 0.0600. The van der Waals surface area contributed by atoms with Crippen molar-refractivity contribution >= 4 is 33.5 Å². The average molecular weight is 524 g/mol. The molecule has 0 spiro atoms. The summed E-state index contributed by atoms with van der Waals surface area (Å²) in [6, 6.07) is 22.2. The third-order valence-corrected chi connectivity index (χ3v) is 6.73. The van der Waals surface area contributed by atoms with E-state index in [1.807, 2.05) is 55.5 Å². The van der Waals surface area contributed by atoms with Crippen LogP contribution in [0.15, 0.2) is 83.8 Å². The lowest BCUT2D eigenvalue weighted by Gasteiger charge is -2.15. The fraction of sp³-hybridized carbons (Fsp3) is 0.115. The number of methoxy groups -OCH3 is 1. The van der Waals surface area contributed by atoms with Gasteiger partial charge in [-0.25, -0.2) is 27.9 Å². The summed E-state index contributed by atoms with van der Waals surface area (Å²) in [4.78, 5) is 20.1. The molecule has 0 saturated carbocycles. The Morgan fingerprint density at radius 3 is 2.47 bits per heavy atom. The van der Waals surface area contributed by atoms with Gasteiger partial charge >= 0.3 is 5.97 Å². The molecule has 0 amide bonds. The summed E-state index contributed by atoms with van der Waals surface area (Å²) < 4.78 is 39.1. The summed E-state index contributed by atoms with van der Waals surface area (Å²) in [5.41, 5.74) is 2.99. The van der Waals surface area contributed by atoms with Gasteiger partial charge in [-0.1, -0.05) is 60.1 Å². The molecule has 1 N–H and O–H groups in total. The molecule has 0 atom stereocenters. The molecule has 4 rings (SSSR count). The number of sulfonamides is 1. The second-order valence-corrected chi connectivity index (χ2v) is 9.82. The van der Waals surface area contributed by atoms with Gasteiger partial charge < -0.3 is 9.47 Å². The molecule has 0 bridgehead atoms.